The van der Waals surface area contributed by atoms with Crippen LogP contribution in [0.25, 0.3) is 0 Å². The molecule has 0 amide bonds. The average molecular weight is 405 g/mol. The number of phenolic OH excluding ortho intramolecular Hbond substituents is 1. The van der Waals surface area contributed by atoms with Crippen molar-refractivity contribution in [2.24, 2.45) is 5.92 Å². The third-order valence-electron chi connectivity index (χ3n) is 5.57. The highest BCUT2D eigenvalue weighted by atomic mass is 16.5. The van der Waals surface area contributed by atoms with E-state index in [2.05, 4.69) is 0 Å². The van der Waals surface area contributed by atoms with Crippen molar-refractivity contribution in [1.82, 2.24) is 0 Å². The smallest absolute Gasteiger partial charge is 0.303 e. The lowest BCUT2D eigenvalue weighted by Crippen LogP contribution is -2.35. The Balaban J connectivity index is 2.87. The Morgan fingerprint density at radius 3 is 2.48 bits per heavy atom. The molecule has 1 aromatic rings. The van der Waals surface area contributed by atoms with Crippen LogP contribution in [0, 0.1) is 5.92 Å². The summed E-state index contributed by atoms with van der Waals surface area (Å²) in [6.45, 7) is 9.46. The number of carboxylic acids is 1. The number of carbonyl (C=O) groups excluding carboxylic acids is 1. The molecule has 6 nitrogen and oxygen atoms in total. The molecular formula is C23H32O6. The Kier molecular flexibility index (Phi) is 7.33. The second-order valence-corrected chi connectivity index (χ2v) is 8.02. The molecule has 1 aliphatic rings. The molecule has 0 aromatic heterocycles. The van der Waals surface area contributed by atoms with E-state index in [0.29, 0.717) is 29.7 Å². The van der Waals surface area contributed by atoms with E-state index in [1.807, 2.05) is 33.8 Å². The molecule has 0 aliphatic carbocycles. The van der Waals surface area contributed by atoms with Crippen LogP contribution in [0.3, 0.4) is 0 Å². The molecule has 1 aliphatic heterocycles. The van der Waals surface area contributed by atoms with E-state index in [4.69, 9.17) is 9.47 Å². The topological polar surface area (TPSA) is 93.1 Å². The SMILES string of the molecule is CCC[C@@H](CC(=O)O)c1c(OC)c(CC=C(C)C)c(O)c2c1O[C@@H](C)[C@@H](C)C2=O. The molecule has 1 heterocycles. The quantitative estimate of drug-likeness (QED) is 0.601. The van der Waals surface area contributed by atoms with Gasteiger partial charge in [0.15, 0.2) is 5.78 Å². The number of methoxy groups -OCH3 is 1. The van der Waals surface area contributed by atoms with Crippen molar-refractivity contribution in [2.45, 2.75) is 72.3 Å². The number of rotatable bonds is 8. The third-order valence-corrected chi connectivity index (χ3v) is 5.57. The Morgan fingerprint density at radius 1 is 1.31 bits per heavy atom. The predicted molar refractivity (Wildman–Crippen MR) is 111 cm³/mol. The standard InChI is InChI=1S/C23H32O6/c1-7-8-15(11-17(24)25)18-22(28-6)16(10-9-12(2)3)21(27)19-20(26)13(4)14(5)29-23(18)19/h9,13-15,27H,7-8,10-11H2,1-6H3,(H,24,25)/t13-,14+,15+/m1/s1. The molecule has 3 atom stereocenters. The second kappa shape index (κ2) is 9.33. The van der Waals surface area contributed by atoms with Crippen LogP contribution >= 0.6 is 0 Å². The highest BCUT2D eigenvalue weighted by Crippen LogP contribution is 2.51. The lowest BCUT2D eigenvalue weighted by atomic mass is 9.81. The first kappa shape index (κ1) is 22.8. The van der Waals surface area contributed by atoms with E-state index in [9.17, 15) is 19.8 Å². The van der Waals surface area contributed by atoms with Crippen molar-refractivity contribution in [3.05, 3.63) is 28.3 Å². The summed E-state index contributed by atoms with van der Waals surface area (Å²) in [7, 11) is 1.50. The number of hydrogen-bond donors (Lipinski definition) is 2. The summed E-state index contributed by atoms with van der Waals surface area (Å²) in [5.74, 6) is -1.36. The van der Waals surface area contributed by atoms with Crippen molar-refractivity contribution >= 4 is 11.8 Å². The molecule has 160 valence electrons. The van der Waals surface area contributed by atoms with Gasteiger partial charge in [-0.25, -0.2) is 0 Å². The van der Waals surface area contributed by atoms with Crippen LogP contribution in [-0.2, 0) is 11.2 Å². The Bertz CT molecular complexity index is 819. The summed E-state index contributed by atoms with van der Waals surface area (Å²) in [6.07, 6.45) is 3.20. The van der Waals surface area contributed by atoms with Crippen molar-refractivity contribution in [2.75, 3.05) is 7.11 Å². The summed E-state index contributed by atoms with van der Waals surface area (Å²) >= 11 is 0. The van der Waals surface area contributed by atoms with Crippen LogP contribution in [0.15, 0.2) is 11.6 Å². The molecule has 0 bridgehead atoms. The molecule has 6 heteroatoms. The van der Waals surface area contributed by atoms with Crippen LogP contribution < -0.4 is 9.47 Å². The normalized spacial score (nSPS) is 19.2. The number of allylic oxidation sites excluding steroid dienone is 2. The van der Waals surface area contributed by atoms with E-state index in [1.165, 1.54) is 7.11 Å². The second-order valence-electron chi connectivity index (χ2n) is 8.02. The maximum Gasteiger partial charge on any atom is 0.303 e. The molecule has 0 fully saturated rings. The summed E-state index contributed by atoms with van der Waals surface area (Å²) in [5.41, 5.74) is 2.28. The van der Waals surface area contributed by atoms with Crippen molar-refractivity contribution in [3.8, 4) is 17.2 Å². The predicted octanol–water partition coefficient (Wildman–Crippen LogP) is 4.87. The van der Waals surface area contributed by atoms with Gasteiger partial charge < -0.3 is 19.7 Å². The fourth-order valence-corrected chi connectivity index (χ4v) is 3.85. The number of aromatic hydroxyl groups is 1. The zero-order chi connectivity index (χ0) is 21.9. The van der Waals surface area contributed by atoms with Gasteiger partial charge in [-0.2, -0.15) is 0 Å². The molecular weight excluding hydrogens is 372 g/mol. The van der Waals surface area contributed by atoms with Gasteiger partial charge in [0.25, 0.3) is 0 Å². The van der Waals surface area contributed by atoms with Crippen LogP contribution in [0.5, 0.6) is 17.2 Å². The molecule has 2 rings (SSSR count). The van der Waals surface area contributed by atoms with E-state index < -0.39 is 11.9 Å². The number of benzene rings is 1. The number of ketones is 1. The van der Waals surface area contributed by atoms with Gasteiger partial charge in [-0.05, 0) is 33.6 Å². The van der Waals surface area contributed by atoms with Crippen LogP contribution in [0.1, 0.15) is 81.3 Å². The van der Waals surface area contributed by atoms with Gasteiger partial charge in [0, 0.05) is 17.0 Å². The minimum Gasteiger partial charge on any atom is -0.507 e. The largest absolute Gasteiger partial charge is 0.507 e. The molecule has 1 aromatic carbocycles. The minimum atomic E-state index is -0.929. The van der Waals surface area contributed by atoms with Crippen LogP contribution in [0.2, 0.25) is 0 Å². The number of carbonyl (C=O) groups is 2. The van der Waals surface area contributed by atoms with E-state index in [1.54, 1.807) is 6.92 Å². The van der Waals surface area contributed by atoms with Gasteiger partial charge in [0.05, 0.1) is 19.4 Å². The Labute approximate surface area is 172 Å². The van der Waals surface area contributed by atoms with Gasteiger partial charge in [0.1, 0.15) is 28.9 Å². The first-order chi connectivity index (χ1) is 13.6. The number of Topliss-reactive ketones (excluding diaryl/α,β-unsaturated/α-hetero) is 1. The van der Waals surface area contributed by atoms with Crippen LogP contribution in [0.4, 0.5) is 0 Å². The number of fused-ring (bicyclic) bond motifs is 1. The number of carboxylic acid groups (broad SMARTS) is 1. The summed E-state index contributed by atoms with van der Waals surface area (Å²) in [6, 6.07) is 0. The Hall–Kier alpha value is -2.50. The van der Waals surface area contributed by atoms with E-state index in [-0.39, 0.29) is 41.3 Å². The van der Waals surface area contributed by atoms with Crippen molar-refractivity contribution in [1.29, 1.82) is 0 Å². The van der Waals surface area contributed by atoms with E-state index in [0.717, 1.165) is 12.0 Å². The third kappa shape index (κ3) is 4.57. The molecule has 0 radical (unpaired) electrons. The minimum absolute atomic E-state index is 0.106. The van der Waals surface area contributed by atoms with Gasteiger partial charge in [-0.3, -0.25) is 9.59 Å². The first-order valence-electron chi connectivity index (χ1n) is 10.2. The summed E-state index contributed by atoms with van der Waals surface area (Å²) in [5, 5.41) is 20.5. The molecule has 0 spiro atoms. The summed E-state index contributed by atoms with van der Waals surface area (Å²) < 4.78 is 11.8. The average Bonchev–Trinajstić information content (AvgIpc) is 2.63. The monoisotopic (exact) mass is 404 g/mol. The van der Waals surface area contributed by atoms with Crippen LogP contribution in [-0.4, -0.2) is 35.2 Å². The molecule has 29 heavy (non-hydrogen) atoms. The van der Waals surface area contributed by atoms with Crippen molar-refractivity contribution in [3.63, 3.8) is 0 Å². The van der Waals surface area contributed by atoms with Gasteiger partial charge in [-0.1, -0.05) is 31.9 Å². The lowest BCUT2D eigenvalue weighted by Gasteiger charge is -2.33. The zero-order valence-electron chi connectivity index (χ0n) is 18.2. The number of phenols is 1. The lowest BCUT2D eigenvalue weighted by molar-refractivity contribution is -0.137. The first-order valence-corrected chi connectivity index (χ1v) is 10.2. The van der Waals surface area contributed by atoms with Gasteiger partial charge >= 0.3 is 5.97 Å². The van der Waals surface area contributed by atoms with Gasteiger partial charge in [-0.15, -0.1) is 0 Å². The molecule has 0 saturated carbocycles. The maximum atomic E-state index is 13.1. The number of hydrogen-bond acceptors (Lipinski definition) is 5. The van der Waals surface area contributed by atoms with Crippen molar-refractivity contribution < 1.29 is 29.3 Å². The number of ether oxygens (including phenoxy) is 2. The number of aliphatic carboxylic acids is 1. The van der Waals surface area contributed by atoms with Gasteiger partial charge in [0.2, 0.25) is 0 Å². The Morgan fingerprint density at radius 2 is 1.97 bits per heavy atom. The highest BCUT2D eigenvalue weighted by Gasteiger charge is 2.40. The molecule has 0 saturated heterocycles. The molecule has 0 unspecified atom stereocenters. The fraction of sp³-hybridized carbons (Fsp3) is 0.565. The van der Waals surface area contributed by atoms with E-state index >= 15 is 0 Å². The molecule has 2 N–H and O–H groups in total. The maximum absolute atomic E-state index is 13.1. The zero-order valence-corrected chi connectivity index (χ0v) is 18.2. The highest BCUT2D eigenvalue weighted by molar-refractivity contribution is 6.05. The fourth-order valence-electron chi connectivity index (χ4n) is 3.85. The summed E-state index contributed by atoms with van der Waals surface area (Å²) in [4.78, 5) is 24.6.